The molecule has 0 heterocycles. The fraction of sp³-hybridized carbons (Fsp3) is 0. The summed E-state index contributed by atoms with van der Waals surface area (Å²) in [4.78, 5) is 8.89. The van der Waals surface area contributed by atoms with Crippen LogP contribution < -0.4 is 0 Å². The standard InChI is InChI=1S/C2H3O2.Ca.K.Mg.5H/c1-2(3)4;;;;;;;;/h1H2,(H,3,4);;;;;;;;. The average Bonchev–Trinajstić information content (AvgIpc) is 0.811. The summed E-state index contributed by atoms with van der Waals surface area (Å²) in [6.45, 7) is 2.56. The zero-order valence-corrected chi connectivity index (χ0v) is 2.06. The summed E-state index contributed by atoms with van der Waals surface area (Å²) in [7, 11) is 0. The molecule has 0 aromatic carbocycles. The van der Waals surface area contributed by atoms with E-state index in [0.717, 1.165) is 0 Å². The zero-order valence-electron chi connectivity index (χ0n) is 2.06. The maximum atomic E-state index is 8.89. The van der Waals surface area contributed by atoms with Gasteiger partial charge < -0.3 is 5.11 Å². The van der Waals surface area contributed by atoms with Crippen molar-refractivity contribution in [3.8, 4) is 0 Å². The molecule has 0 unspecified atom stereocenters. The Labute approximate surface area is 131 Å². The molecule has 2 nitrogen and oxygen atoms in total. The second-order valence-corrected chi connectivity index (χ2v) is 0.394. The second kappa shape index (κ2) is 16.1. The first-order valence-corrected chi connectivity index (χ1v) is 0.781. The molecule has 1 radical (unpaired) electrons. The van der Waals surface area contributed by atoms with Crippen molar-refractivity contribution >= 4 is 118 Å². The van der Waals surface area contributed by atoms with Crippen LogP contribution in [0.15, 0.2) is 0 Å². The molecule has 0 amide bonds. The Morgan fingerprint density at radius 1 is 1.57 bits per heavy atom. The van der Waals surface area contributed by atoms with Crippen molar-refractivity contribution in [2.45, 2.75) is 0 Å². The molecule has 0 aliphatic heterocycles. The monoisotopic (exact) mass is 167 g/mol. The van der Waals surface area contributed by atoms with Gasteiger partial charge in [0.1, 0.15) is 0 Å². The Kier molecular flexibility index (Phi) is 51.6. The first-order valence-electron chi connectivity index (χ1n) is 0.781. The number of hydrogen-bond donors (Lipinski definition) is 1. The Bertz CT molecular complexity index is 38.7. The van der Waals surface area contributed by atoms with Crippen molar-refractivity contribution in [3.05, 3.63) is 6.92 Å². The van der Waals surface area contributed by atoms with E-state index in [1.165, 1.54) is 0 Å². The van der Waals surface area contributed by atoms with Crippen molar-refractivity contribution in [3.63, 3.8) is 0 Å². The van der Waals surface area contributed by atoms with E-state index in [1.807, 2.05) is 0 Å². The summed E-state index contributed by atoms with van der Waals surface area (Å²) in [5.41, 5.74) is 0. The van der Waals surface area contributed by atoms with Gasteiger partial charge in [-0.05, 0) is 0 Å². The van der Waals surface area contributed by atoms with E-state index in [9.17, 15) is 0 Å². The molecule has 0 aromatic heterocycles. The molecule has 0 aliphatic carbocycles. The van der Waals surface area contributed by atoms with Gasteiger partial charge in [0.15, 0.2) is 0 Å². The maximum absolute atomic E-state index is 8.89. The van der Waals surface area contributed by atoms with Crippen LogP contribution >= 0.6 is 0 Å². The molecule has 7 heavy (non-hydrogen) atoms. The number of carboxylic acids is 1. The zero-order chi connectivity index (χ0) is 3.58. The molecular formula is C2H8CaKMgO2. The van der Waals surface area contributed by atoms with E-state index in [4.69, 9.17) is 9.90 Å². The molecule has 0 aromatic rings. The smallest absolute Gasteiger partial charge is 0.316 e. The van der Waals surface area contributed by atoms with Gasteiger partial charge in [0.05, 0.1) is 6.92 Å². The second-order valence-electron chi connectivity index (χ2n) is 0.394. The summed E-state index contributed by atoms with van der Waals surface area (Å²) in [6.07, 6.45) is 0. The largest absolute Gasteiger partial charge is 0.316 e. The fourth-order valence-corrected chi connectivity index (χ4v) is 0. The molecular weight excluding hydrogens is 160 g/mol. The number of hydrogen-bond acceptors (Lipinski definition) is 1. The van der Waals surface area contributed by atoms with Gasteiger partial charge in [-0.1, -0.05) is 0 Å². The van der Waals surface area contributed by atoms with Crippen LogP contribution in [0.5, 0.6) is 0 Å². The summed E-state index contributed by atoms with van der Waals surface area (Å²) < 4.78 is 0. The molecule has 0 aliphatic rings. The Balaban J connectivity index is -0.0000000150. The van der Waals surface area contributed by atoms with Gasteiger partial charge in [0.25, 0.3) is 0 Å². The predicted octanol–water partition coefficient (Wildman–Crippen LogP) is -2.58. The summed E-state index contributed by atoms with van der Waals surface area (Å²) in [6, 6.07) is 0. The molecule has 5 heteroatoms. The minimum Gasteiger partial charge on any atom is 0.316 e. The Morgan fingerprint density at radius 2 is 1.57 bits per heavy atom. The third kappa shape index (κ3) is 47.3. The topological polar surface area (TPSA) is 37.3 Å². The van der Waals surface area contributed by atoms with E-state index >= 15 is 0 Å². The van der Waals surface area contributed by atoms with Gasteiger partial charge in [-0.2, -0.15) is 0 Å². The van der Waals surface area contributed by atoms with Crippen LogP contribution in [0.25, 0.3) is 0 Å². The van der Waals surface area contributed by atoms with Crippen molar-refractivity contribution < 1.29 is 9.90 Å². The molecule has 0 fully saturated rings. The first-order chi connectivity index (χ1) is 1.73. The minimum absolute atomic E-state index is 0. The van der Waals surface area contributed by atoms with Gasteiger partial charge in [-0.3, -0.25) is 4.79 Å². The van der Waals surface area contributed by atoms with Crippen molar-refractivity contribution in [2.24, 2.45) is 0 Å². The molecule has 0 saturated carbocycles. The number of carbonyl (C=O) groups is 1. The molecule has 0 spiro atoms. The van der Waals surface area contributed by atoms with E-state index in [1.54, 1.807) is 0 Å². The van der Waals surface area contributed by atoms with Crippen LogP contribution in [-0.4, -0.2) is 123 Å². The van der Waals surface area contributed by atoms with Gasteiger partial charge in [-0.15, -0.1) is 0 Å². The normalized spacial score (nSPS) is 3.57. The average molecular weight is 168 g/mol. The third-order valence-corrected chi connectivity index (χ3v) is 0. The number of aliphatic carboxylic acids is 1. The molecule has 0 atom stereocenters. The molecule has 0 saturated heterocycles. The number of rotatable bonds is 0. The maximum Gasteiger partial charge on any atom is 0.316 e. The van der Waals surface area contributed by atoms with Crippen LogP contribution in [0.4, 0.5) is 0 Å². The molecule has 1 N–H and O–H groups in total. The van der Waals surface area contributed by atoms with Crippen LogP contribution in [0, 0.1) is 6.92 Å². The van der Waals surface area contributed by atoms with Crippen molar-refractivity contribution in [1.29, 1.82) is 0 Å². The predicted molar refractivity (Wildman–Crippen MR) is 37.2 cm³/mol. The van der Waals surface area contributed by atoms with Gasteiger partial charge in [0.2, 0.25) is 0 Å². The van der Waals surface area contributed by atoms with Crippen LogP contribution in [0.3, 0.4) is 0 Å². The van der Waals surface area contributed by atoms with Crippen LogP contribution in [0.2, 0.25) is 0 Å². The minimum atomic E-state index is -1.08. The molecule has 0 bridgehead atoms. The van der Waals surface area contributed by atoms with Crippen LogP contribution in [0.1, 0.15) is 0 Å². The first kappa shape index (κ1) is 22.5. The van der Waals surface area contributed by atoms with Gasteiger partial charge in [0, 0.05) is 0 Å². The van der Waals surface area contributed by atoms with E-state index in [-0.39, 0.29) is 112 Å². The van der Waals surface area contributed by atoms with E-state index in [0.29, 0.717) is 0 Å². The quantitative estimate of drug-likeness (QED) is 0.403. The molecule has 33 valence electrons. The van der Waals surface area contributed by atoms with E-state index < -0.39 is 5.97 Å². The fourth-order valence-electron chi connectivity index (χ4n) is 0. The van der Waals surface area contributed by atoms with Crippen molar-refractivity contribution in [1.82, 2.24) is 0 Å². The third-order valence-electron chi connectivity index (χ3n) is 0. The molecule has 0 rings (SSSR count). The van der Waals surface area contributed by atoms with E-state index in [2.05, 4.69) is 6.92 Å². The van der Waals surface area contributed by atoms with Gasteiger partial charge in [-0.25, -0.2) is 0 Å². The summed E-state index contributed by atoms with van der Waals surface area (Å²) in [5, 5.41) is 7.31. The Hall–Kier alpha value is 3.13. The van der Waals surface area contributed by atoms with Crippen molar-refractivity contribution in [2.75, 3.05) is 0 Å². The summed E-state index contributed by atoms with van der Waals surface area (Å²) in [5.74, 6) is -1.08. The summed E-state index contributed by atoms with van der Waals surface area (Å²) >= 11 is 0. The SMILES string of the molecule is [CH2]C(=O)O.[CaH2].[KH].[MgH2]. The van der Waals surface area contributed by atoms with Gasteiger partial charge >= 0.3 is 118 Å². The number of carboxylic acid groups (broad SMARTS) is 1. The Morgan fingerprint density at radius 3 is 1.57 bits per heavy atom. The van der Waals surface area contributed by atoms with Crippen LogP contribution in [-0.2, 0) is 4.79 Å².